The minimum atomic E-state index is -0.395. The highest BCUT2D eigenvalue weighted by atomic mass is 32.1. The number of amides is 2. The summed E-state index contributed by atoms with van der Waals surface area (Å²) in [7, 11) is 1.61. The Hall–Kier alpha value is -2.97. The van der Waals surface area contributed by atoms with E-state index < -0.39 is 5.91 Å². The first kappa shape index (κ1) is 22.3. The molecule has 0 fully saturated rings. The van der Waals surface area contributed by atoms with E-state index >= 15 is 0 Å². The van der Waals surface area contributed by atoms with Crippen LogP contribution in [0.3, 0.4) is 0 Å². The van der Waals surface area contributed by atoms with Crippen molar-refractivity contribution in [3.05, 3.63) is 59.7 Å². The normalized spacial score (nSPS) is 10.1. The minimum Gasteiger partial charge on any atom is -0.493 e. The highest BCUT2D eigenvalue weighted by Crippen LogP contribution is 2.18. The molecule has 2 aromatic carbocycles. The Morgan fingerprint density at radius 2 is 1.69 bits per heavy atom. The number of methoxy groups -OCH3 is 1. The van der Waals surface area contributed by atoms with Crippen molar-refractivity contribution in [2.75, 3.05) is 32.2 Å². The molecule has 0 aliphatic rings. The van der Waals surface area contributed by atoms with Gasteiger partial charge in [0, 0.05) is 20.3 Å². The van der Waals surface area contributed by atoms with Crippen LogP contribution in [0, 0.1) is 0 Å². The average molecular weight is 416 g/mol. The SMILES string of the molecule is CCOc1ccccc1C(=O)NC(=S)Nc1ccccc1C(=O)NCCCOC. The van der Waals surface area contributed by atoms with Crippen molar-refractivity contribution in [2.45, 2.75) is 13.3 Å². The lowest BCUT2D eigenvalue weighted by molar-refractivity contribution is 0.0947. The summed E-state index contributed by atoms with van der Waals surface area (Å²) < 4.78 is 10.4. The molecule has 0 saturated heterocycles. The van der Waals surface area contributed by atoms with Gasteiger partial charge in [-0.15, -0.1) is 0 Å². The van der Waals surface area contributed by atoms with Crippen LogP contribution in [0.1, 0.15) is 34.1 Å². The van der Waals surface area contributed by atoms with E-state index in [0.717, 1.165) is 0 Å². The van der Waals surface area contributed by atoms with Crippen LogP contribution in [0.2, 0.25) is 0 Å². The highest BCUT2D eigenvalue weighted by molar-refractivity contribution is 7.80. The fourth-order valence-corrected chi connectivity index (χ4v) is 2.77. The number of hydrogen-bond donors (Lipinski definition) is 3. The molecule has 0 saturated carbocycles. The zero-order chi connectivity index (χ0) is 21.1. The number of nitrogens with one attached hydrogen (secondary N) is 3. The van der Waals surface area contributed by atoms with Gasteiger partial charge in [-0.1, -0.05) is 24.3 Å². The van der Waals surface area contributed by atoms with Gasteiger partial charge < -0.3 is 20.1 Å². The third-order valence-electron chi connectivity index (χ3n) is 3.89. The van der Waals surface area contributed by atoms with E-state index in [2.05, 4.69) is 16.0 Å². The molecule has 29 heavy (non-hydrogen) atoms. The largest absolute Gasteiger partial charge is 0.493 e. The van der Waals surface area contributed by atoms with Crippen molar-refractivity contribution >= 4 is 34.8 Å². The molecule has 0 radical (unpaired) electrons. The number of hydrogen-bond acceptors (Lipinski definition) is 5. The Bertz CT molecular complexity index is 857. The second-order valence-corrected chi connectivity index (χ2v) is 6.39. The third-order valence-corrected chi connectivity index (χ3v) is 4.09. The first-order chi connectivity index (χ1) is 14.1. The molecule has 3 N–H and O–H groups in total. The summed E-state index contributed by atoms with van der Waals surface area (Å²) in [6.07, 6.45) is 0.714. The molecule has 2 amide bonds. The van der Waals surface area contributed by atoms with Crippen LogP contribution in [-0.4, -0.2) is 43.8 Å². The molecule has 0 unspecified atom stereocenters. The maximum Gasteiger partial charge on any atom is 0.261 e. The van der Waals surface area contributed by atoms with Crippen LogP contribution in [0.5, 0.6) is 5.75 Å². The lowest BCUT2D eigenvalue weighted by Crippen LogP contribution is -2.35. The van der Waals surface area contributed by atoms with E-state index in [-0.39, 0.29) is 11.0 Å². The van der Waals surface area contributed by atoms with Gasteiger partial charge in [0.25, 0.3) is 11.8 Å². The Balaban J connectivity index is 2.02. The fourth-order valence-electron chi connectivity index (χ4n) is 2.56. The van der Waals surface area contributed by atoms with Gasteiger partial charge in [-0.3, -0.25) is 14.9 Å². The molecule has 2 rings (SSSR count). The number of para-hydroxylation sites is 2. The molecular weight excluding hydrogens is 390 g/mol. The molecule has 7 nitrogen and oxygen atoms in total. The topological polar surface area (TPSA) is 88.7 Å². The minimum absolute atomic E-state index is 0.0842. The summed E-state index contributed by atoms with van der Waals surface area (Å²) in [5.74, 6) is -0.154. The van der Waals surface area contributed by atoms with Crippen molar-refractivity contribution in [2.24, 2.45) is 0 Å². The second-order valence-electron chi connectivity index (χ2n) is 5.99. The standard InChI is InChI=1S/C21H25N3O4S/c1-3-28-18-12-7-5-10-16(18)20(26)24-21(29)23-17-11-6-4-9-15(17)19(25)22-13-8-14-27-2/h4-7,9-12H,3,8,13-14H2,1-2H3,(H,22,25)(H2,23,24,26,29). The number of benzene rings is 2. The van der Waals surface area contributed by atoms with E-state index in [4.69, 9.17) is 21.7 Å². The Morgan fingerprint density at radius 1 is 1.00 bits per heavy atom. The van der Waals surface area contributed by atoms with Crippen molar-refractivity contribution in [1.82, 2.24) is 10.6 Å². The summed E-state index contributed by atoms with van der Waals surface area (Å²) in [5.41, 5.74) is 1.30. The lowest BCUT2D eigenvalue weighted by Gasteiger charge is -2.14. The first-order valence-electron chi connectivity index (χ1n) is 9.27. The van der Waals surface area contributed by atoms with Crippen LogP contribution in [0.4, 0.5) is 5.69 Å². The summed E-state index contributed by atoms with van der Waals surface area (Å²) in [4.78, 5) is 25.0. The van der Waals surface area contributed by atoms with E-state index in [9.17, 15) is 9.59 Å². The predicted molar refractivity (Wildman–Crippen MR) is 117 cm³/mol. The molecule has 0 aliphatic carbocycles. The van der Waals surface area contributed by atoms with E-state index in [1.165, 1.54) is 0 Å². The molecular formula is C21H25N3O4S. The number of rotatable bonds is 9. The molecule has 154 valence electrons. The van der Waals surface area contributed by atoms with Crippen LogP contribution in [-0.2, 0) is 4.74 Å². The smallest absolute Gasteiger partial charge is 0.261 e. The predicted octanol–water partition coefficient (Wildman–Crippen LogP) is 2.98. The van der Waals surface area contributed by atoms with Gasteiger partial charge in [0.05, 0.1) is 23.4 Å². The molecule has 0 aromatic heterocycles. The van der Waals surface area contributed by atoms with Crippen molar-refractivity contribution in [1.29, 1.82) is 0 Å². The van der Waals surface area contributed by atoms with Crippen LogP contribution in [0.15, 0.2) is 48.5 Å². The van der Waals surface area contributed by atoms with Crippen LogP contribution >= 0.6 is 12.2 Å². The van der Waals surface area contributed by atoms with Crippen molar-refractivity contribution < 1.29 is 19.1 Å². The monoisotopic (exact) mass is 415 g/mol. The van der Waals surface area contributed by atoms with Gasteiger partial charge in [-0.05, 0) is 49.8 Å². The molecule has 0 atom stereocenters. The van der Waals surface area contributed by atoms with E-state index in [1.807, 2.05) is 6.92 Å². The Morgan fingerprint density at radius 3 is 2.41 bits per heavy atom. The summed E-state index contributed by atoms with van der Waals surface area (Å²) in [5, 5.41) is 8.45. The first-order valence-corrected chi connectivity index (χ1v) is 9.68. The van der Waals surface area contributed by atoms with E-state index in [1.54, 1.807) is 55.6 Å². The summed E-state index contributed by atoms with van der Waals surface area (Å²) >= 11 is 5.26. The third kappa shape index (κ3) is 6.85. The second kappa shape index (κ2) is 11.8. The van der Waals surface area contributed by atoms with Gasteiger partial charge in [0.2, 0.25) is 0 Å². The van der Waals surface area contributed by atoms with Gasteiger partial charge in [0.15, 0.2) is 5.11 Å². The van der Waals surface area contributed by atoms with E-state index in [0.29, 0.717) is 48.7 Å². The highest BCUT2D eigenvalue weighted by Gasteiger charge is 2.15. The average Bonchev–Trinajstić information content (AvgIpc) is 2.72. The van der Waals surface area contributed by atoms with Crippen molar-refractivity contribution in [3.63, 3.8) is 0 Å². The fraction of sp³-hybridized carbons (Fsp3) is 0.286. The zero-order valence-corrected chi connectivity index (χ0v) is 17.3. The maximum atomic E-state index is 12.6. The van der Waals surface area contributed by atoms with Gasteiger partial charge in [-0.2, -0.15) is 0 Å². The maximum absolute atomic E-state index is 12.6. The molecule has 0 aliphatic heterocycles. The summed E-state index contributed by atoms with van der Waals surface area (Å²) in [6, 6.07) is 13.9. The van der Waals surface area contributed by atoms with Gasteiger partial charge in [-0.25, -0.2) is 0 Å². The number of carbonyl (C=O) groups is 2. The molecule has 8 heteroatoms. The molecule has 0 spiro atoms. The lowest BCUT2D eigenvalue weighted by atomic mass is 10.1. The zero-order valence-electron chi connectivity index (χ0n) is 16.5. The van der Waals surface area contributed by atoms with Gasteiger partial charge in [0.1, 0.15) is 5.75 Å². The Kier molecular flexibility index (Phi) is 9.07. The number of anilines is 1. The number of thiocarbonyl (C=S) groups is 1. The molecule has 2 aromatic rings. The quantitative estimate of drug-likeness (QED) is 0.431. The van der Waals surface area contributed by atoms with Gasteiger partial charge >= 0.3 is 0 Å². The number of carbonyl (C=O) groups excluding carboxylic acids is 2. The number of ether oxygens (including phenoxy) is 2. The van der Waals surface area contributed by atoms with Crippen LogP contribution < -0.4 is 20.7 Å². The molecule has 0 bridgehead atoms. The van der Waals surface area contributed by atoms with Crippen LogP contribution in [0.25, 0.3) is 0 Å². The Labute approximate surface area is 175 Å². The molecule has 0 heterocycles. The van der Waals surface area contributed by atoms with Crippen molar-refractivity contribution in [3.8, 4) is 5.75 Å². The summed E-state index contributed by atoms with van der Waals surface area (Å²) in [6.45, 7) is 3.36.